The van der Waals surface area contributed by atoms with E-state index in [1.807, 2.05) is 6.07 Å². The van der Waals surface area contributed by atoms with E-state index in [1.54, 1.807) is 12.1 Å². The van der Waals surface area contributed by atoms with E-state index in [-0.39, 0.29) is 17.1 Å². The summed E-state index contributed by atoms with van der Waals surface area (Å²) in [5.74, 6) is 0.510. The van der Waals surface area contributed by atoms with Crippen molar-refractivity contribution in [1.29, 1.82) is 0 Å². The molecule has 1 aliphatic carbocycles. The van der Waals surface area contributed by atoms with Crippen LogP contribution in [0.5, 0.6) is 5.75 Å². The summed E-state index contributed by atoms with van der Waals surface area (Å²) < 4.78 is 19.1. The zero-order valence-corrected chi connectivity index (χ0v) is 12.6. The Morgan fingerprint density at radius 2 is 2.10 bits per heavy atom. The molecule has 1 aromatic rings. The predicted octanol–water partition coefficient (Wildman–Crippen LogP) is 2.62. The smallest absolute Gasteiger partial charge is 0.192 e. The molecule has 0 aromatic heterocycles. The summed E-state index contributed by atoms with van der Waals surface area (Å²) in [4.78, 5) is 6.63. The van der Waals surface area contributed by atoms with Crippen LogP contribution in [-0.4, -0.2) is 30.6 Å². The van der Waals surface area contributed by atoms with E-state index in [0.717, 1.165) is 18.4 Å². The Hall–Kier alpha value is -1.78. The molecule has 1 heterocycles. The molecule has 1 fully saturated rings. The third kappa shape index (κ3) is 2.24. The number of halogens is 1. The summed E-state index contributed by atoms with van der Waals surface area (Å²) in [6, 6.07) is 5.55. The second kappa shape index (κ2) is 5.20. The van der Waals surface area contributed by atoms with Crippen LogP contribution in [0.1, 0.15) is 38.2 Å². The Labute approximate surface area is 124 Å². The van der Waals surface area contributed by atoms with Crippen molar-refractivity contribution < 1.29 is 9.13 Å². The summed E-state index contributed by atoms with van der Waals surface area (Å²) in [7, 11) is 1.47. The number of nitrogens with two attached hydrogens (primary N) is 1. The van der Waals surface area contributed by atoms with Gasteiger partial charge < -0.3 is 15.4 Å². The maximum absolute atomic E-state index is 14.1. The SMILES string of the molecule is COc1ccc(C2(C)CN=C(N)N2C2CCCC2)cc1F. The molecule has 4 nitrogen and oxygen atoms in total. The molecule has 0 bridgehead atoms. The molecule has 0 spiro atoms. The van der Waals surface area contributed by atoms with Crippen LogP contribution in [0, 0.1) is 5.82 Å². The molecule has 3 rings (SSSR count). The summed E-state index contributed by atoms with van der Waals surface area (Å²) >= 11 is 0. The van der Waals surface area contributed by atoms with Gasteiger partial charge in [-0.15, -0.1) is 0 Å². The number of nitrogens with zero attached hydrogens (tertiary/aromatic N) is 2. The molecule has 1 aromatic carbocycles. The summed E-state index contributed by atoms with van der Waals surface area (Å²) in [5, 5.41) is 0. The van der Waals surface area contributed by atoms with Crippen LogP contribution >= 0.6 is 0 Å². The van der Waals surface area contributed by atoms with Crippen molar-refractivity contribution in [3.63, 3.8) is 0 Å². The van der Waals surface area contributed by atoms with Crippen LogP contribution in [0.25, 0.3) is 0 Å². The van der Waals surface area contributed by atoms with E-state index in [2.05, 4.69) is 16.8 Å². The standard InChI is InChI=1S/C16H22FN3O/c1-16(11-7-8-14(21-2)13(17)9-11)10-19-15(18)20(16)12-5-3-4-6-12/h7-9,12H,3-6,10H2,1-2H3,(H2,18,19). The van der Waals surface area contributed by atoms with E-state index in [0.29, 0.717) is 18.5 Å². The van der Waals surface area contributed by atoms with Gasteiger partial charge in [0.1, 0.15) is 0 Å². The molecule has 5 heteroatoms. The van der Waals surface area contributed by atoms with Gasteiger partial charge in [0.05, 0.1) is 19.2 Å². The maximum Gasteiger partial charge on any atom is 0.192 e. The van der Waals surface area contributed by atoms with Crippen LogP contribution < -0.4 is 10.5 Å². The molecule has 0 radical (unpaired) electrons. The maximum atomic E-state index is 14.1. The molecule has 0 amide bonds. The van der Waals surface area contributed by atoms with Gasteiger partial charge in [0.15, 0.2) is 17.5 Å². The molecule has 1 aliphatic heterocycles. The van der Waals surface area contributed by atoms with Gasteiger partial charge in [-0.1, -0.05) is 18.9 Å². The zero-order valence-electron chi connectivity index (χ0n) is 12.6. The monoisotopic (exact) mass is 291 g/mol. The second-order valence-corrected chi connectivity index (χ2v) is 6.11. The second-order valence-electron chi connectivity index (χ2n) is 6.11. The topological polar surface area (TPSA) is 50.9 Å². The molecule has 2 aliphatic rings. The van der Waals surface area contributed by atoms with Crippen LogP contribution in [0.3, 0.4) is 0 Å². The van der Waals surface area contributed by atoms with Gasteiger partial charge in [-0.05, 0) is 37.5 Å². The molecule has 1 atom stereocenters. The van der Waals surface area contributed by atoms with E-state index in [4.69, 9.17) is 10.5 Å². The van der Waals surface area contributed by atoms with Crippen LogP contribution in [0.4, 0.5) is 4.39 Å². The van der Waals surface area contributed by atoms with Crippen molar-refractivity contribution in [1.82, 2.24) is 4.90 Å². The number of aliphatic imine (C=N–C) groups is 1. The lowest BCUT2D eigenvalue weighted by Gasteiger charge is -2.41. The third-order valence-corrected chi connectivity index (χ3v) is 4.79. The van der Waals surface area contributed by atoms with Gasteiger partial charge in [0.25, 0.3) is 0 Å². The molecular weight excluding hydrogens is 269 g/mol. The predicted molar refractivity (Wildman–Crippen MR) is 80.9 cm³/mol. The largest absolute Gasteiger partial charge is 0.494 e. The van der Waals surface area contributed by atoms with Gasteiger partial charge >= 0.3 is 0 Å². The fraction of sp³-hybridized carbons (Fsp3) is 0.562. The lowest BCUT2D eigenvalue weighted by atomic mass is 9.89. The first kappa shape index (κ1) is 14.2. The number of methoxy groups -OCH3 is 1. The average molecular weight is 291 g/mol. The number of benzene rings is 1. The minimum absolute atomic E-state index is 0.265. The van der Waals surface area contributed by atoms with Gasteiger partial charge in [-0.25, -0.2) is 4.39 Å². The highest BCUT2D eigenvalue weighted by Crippen LogP contribution is 2.39. The quantitative estimate of drug-likeness (QED) is 0.931. The summed E-state index contributed by atoms with van der Waals surface area (Å²) in [6.07, 6.45) is 4.71. The zero-order chi connectivity index (χ0) is 15.0. The number of rotatable bonds is 3. The van der Waals surface area contributed by atoms with E-state index < -0.39 is 0 Å². The fourth-order valence-corrected chi connectivity index (χ4v) is 3.62. The first-order valence-electron chi connectivity index (χ1n) is 7.49. The van der Waals surface area contributed by atoms with Crippen LogP contribution in [-0.2, 0) is 5.54 Å². The van der Waals surface area contributed by atoms with Crippen molar-refractivity contribution in [2.45, 2.75) is 44.2 Å². The normalized spacial score (nSPS) is 26.2. The first-order chi connectivity index (χ1) is 10.1. The first-order valence-corrected chi connectivity index (χ1v) is 7.49. The average Bonchev–Trinajstić information content (AvgIpc) is 3.08. The van der Waals surface area contributed by atoms with Gasteiger partial charge in [0, 0.05) is 6.04 Å². The highest BCUT2D eigenvalue weighted by molar-refractivity contribution is 5.81. The van der Waals surface area contributed by atoms with E-state index in [9.17, 15) is 4.39 Å². The van der Waals surface area contributed by atoms with Gasteiger partial charge in [-0.2, -0.15) is 0 Å². The Kier molecular flexibility index (Phi) is 3.51. The van der Waals surface area contributed by atoms with Crippen molar-refractivity contribution in [3.05, 3.63) is 29.6 Å². The van der Waals surface area contributed by atoms with Gasteiger partial charge in [0.2, 0.25) is 0 Å². The molecular formula is C16H22FN3O. The van der Waals surface area contributed by atoms with Crippen molar-refractivity contribution in [3.8, 4) is 5.75 Å². The van der Waals surface area contributed by atoms with Gasteiger partial charge in [-0.3, -0.25) is 4.99 Å². The minimum atomic E-state index is -0.369. The molecule has 114 valence electrons. The van der Waals surface area contributed by atoms with Crippen LogP contribution in [0.15, 0.2) is 23.2 Å². The molecule has 1 unspecified atom stereocenters. The number of ether oxygens (including phenoxy) is 1. The Balaban J connectivity index is 1.96. The lowest BCUT2D eigenvalue weighted by molar-refractivity contribution is 0.166. The highest BCUT2D eigenvalue weighted by Gasteiger charge is 2.44. The Morgan fingerprint density at radius 1 is 1.38 bits per heavy atom. The summed E-state index contributed by atoms with van der Waals surface area (Å²) in [6.45, 7) is 2.66. The third-order valence-electron chi connectivity index (χ3n) is 4.79. The Bertz CT molecular complexity index is 569. The number of hydrogen-bond acceptors (Lipinski definition) is 4. The van der Waals surface area contributed by atoms with E-state index in [1.165, 1.54) is 20.0 Å². The van der Waals surface area contributed by atoms with Crippen molar-refractivity contribution >= 4 is 5.96 Å². The van der Waals surface area contributed by atoms with Crippen molar-refractivity contribution in [2.24, 2.45) is 10.7 Å². The summed E-state index contributed by atoms with van der Waals surface area (Å²) in [5.41, 5.74) is 6.65. The van der Waals surface area contributed by atoms with Crippen molar-refractivity contribution in [2.75, 3.05) is 13.7 Å². The molecule has 0 saturated heterocycles. The fourth-order valence-electron chi connectivity index (χ4n) is 3.62. The molecule has 2 N–H and O–H groups in total. The molecule has 21 heavy (non-hydrogen) atoms. The highest BCUT2D eigenvalue weighted by atomic mass is 19.1. The number of hydrogen-bond donors (Lipinski definition) is 1. The minimum Gasteiger partial charge on any atom is -0.494 e. The Morgan fingerprint density at radius 3 is 2.71 bits per heavy atom. The van der Waals surface area contributed by atoms with Crippen LogP contribution in [0.2, 0.25) is 0 Å². The lowest BCUT2D eigenvalue weighted by Crippen LogP contribution is -2.52. The molecule has 1 saturated carbocycles. The van der Waals surface area contributed by atoms with E-state index >= 15 is 0 Å². The number of guanidine groups is 1.